The first kappa shape index (κ1) is 13.7. The third kappa shape index (κ3) is 2.78. The molecule has 2 heterocycles. The molecule has 0 radical (unpaired) electrons. The Hall–Kier alpha value is -2.28. The normalized spacial score (nSPS) is 11.0. The summed E-state index contributed by atoms with van der Waals surface area (Å²) in [5.41, 5.74) is 0.403. The number of thioether (sulfide) groups is 1. The molecule has 21 heavy (non-hydrogen) atoms. The third-order valence-corrected chi connectivity index (χ3v) is 3.79. The summed E-state index contributed by atoms with van der Waals surface area (Å²) in [5.74, 6) is -1.91. The van der Waals surface area contributed by atoms with Crippen molar-refractivity contribution < 1.29 is 13.6 Å². The van der Waals surface area contributed by atoms with Gasteiger partial charge in [0.1, 0.15) is 11.6 Å². The van der Waals surface area contributed by atoms with E-state index in [2.05, 4.69) is 10.2 Å². The number of benzene rings is 1. The number of aromatic nitrogens is 3. The molecule has 0 saturated carbocycles. The van der Waals surface area contributed by atoms with Crippen molar-refractivity contribution in [3.8, 4) is 0 Å². The monoisotopic (exact) mass is 305 g/mol. The van der Waals surface area contributed by atoms with Crippen molar-refractivity contribution >= 4 is 23.2 Å². The molecule has 0 aliphatic carbocycles. The van der Waals surface area contributed by atoms with Gasteiger partial charge in [-0.25, -0.2) is 8.78 Å². The Morgan fingerprint density at radius 2 is 2.05 bits per heavy atom. The van der Waals surface area contributed by atoms with Crippen LogP contribution >= 0.6 is 11.8 Å². The molecule has 0 amide bonds. The second-order valence-electron chi connectivity index (χ2n) is 4.25. The first-order chi connectivity index (χ1) is 10.1. The van der Waals surface area contributed by atoms with Crippen molar-refractivity contribution in [1.82, 2.24) is 14.6 Å². The standard InChI is InChI=1S/C14H9F2N3OS/c15-9-4-5-11(16)10(7-9)12(20)8-21-14-18-17-13-3-1-2-6-19(13)14/h1-7H,8H2. The van der Waals surface area contributed by atoms with Crippen molar-refractivity contribution in [2.45, 2.75) is 5.16 Å². The van der Waals surface area contributed by atoms with Crippen molar-refractivity contribution in [3.63, 3.8) is 0 Å². The Labute approximate surface area is 122 Å². The van der Waals surface area contributed by atoms with Gasteiger partial charge in [-0.3, -0.25) is 9.20 Å². The lowest BCUT2D eigenvalue weighted by atomic mass is 10.1. The number of nitrogens with zero attached hydrogens (tertiary/aromatic N) is 3. The molecule has 3 rings (SSSR count). The van der Waals surface area contributed by atoms with Gasteiger partial charge in [-0.05, 0) is 30.3 Å². The SMILES string of the molecule is O=C(CSc1nnc2ccccn12)c1cc(F)ccc1F. The van der Waals surface area contributed by atoms with Crippen LogP contribution in [0.4, 0.5) is 8.78 Å². The van der Waals surface area contributed by atoms with E-state index in [0.717, 1.165) is 30.0 Å². The summed E-state index contributed by atoms with van der Waals surface area (Å²) in [4.78, 5) is 12.0. The zero-order chi connectivity index (χ0) is 14.8. The number of ketones is 1. The number of carbonyl (C=O) groups excluding carboxylic acids is 1. The number of Topliss-reactive ketones (excluding diaryl/α,β-unsaturated/α-hetero) is 1. The highest BCUT2D eigenvalue weighted by Gasteiger charge is 2.15. The molecular formula is C14H9F2N3OS. The number of rotatable bonds is 4. The van der Waals surface area contributed by atoms with E-state index < -0.39 is 17.4 Å². The maximum Gasteiger partial charge on any atom is 0.196 e. The lowest BCUT2D eigenvalue weighted by molar-refractivity contribution is 0.101. The van der Waals surface area contributed by atoms with Gasteiger partial charge in [0.2, 0.25) is 0 Å². The van der Waals surface area contributed by atoms with Crippen LogP contribution in [0.25, 0.3) is 5.65 Å². The summed E-state index contributed by atoms with van der Waals surface area (Å²) in [7, 11) is 0. The minimum absolute atomic E-state index is 0.0456. The molecule has 1 aromatic carbocycles. The Kier molecular flexibility index (Phi) is 3.66. The summed E-state index contributed by atoms with van der Waals surface area (Å²) in [5, 5.41) is 8.43. The average Bonchev–Trinajstić information content (AvgIpc) is 2.90. The minimum Gasteiger partial charge on any atom is -0.293 e. The maximum absolute atomic E-state index is 13.5. The van der Waals surface area contributed by atoms with Gasteiger partial charge >= 0.3 is 0 Å². The van der Waals surface area contributed by atoms with Gasteiger partial charge in [-0.2, -0.15) is 0 Å². The van der Waals surface area contributed by atoms with Gasteiger partial charge in [0.05, 0.1) is 11.3 Å². The summed E-state index contributed by atoms with van der Waals surface area (Å²) in [6.07, 6.45) is 1.77. The topological polar surface area (TPSA) is 47.3 Å². The number of carbonyl (C=O) groups is 1. The van der Waals surface area contributed by atoms with Crippen molar-refractivity contribution in [2.75, 3.05) is 5.75 Å². The van der Waals surface area contributed by atoms with E-state index in [4.69, 9.17) is 0 Å². The smallest absolute Gasteiger partial charge is 0.196 e. The van der Waals surface area contributed by atoms with Gasteiger partial charge in [0.25, 0.3) is 0 Å². The van der Waals surface area contributed by atoms with E-state index >= 15 is 0 Å². The zero-order valence-electron chi connectivity index (χ0n) is 10.7. The lowest BCUT2D eigenvalue weighted by Gasteiger charge is -2.02. The van der Waals surface area contributed by atoms with E-state index in [1.165, 1.54) is 0 Å². The molecule has 2 aromatic heterocycles. The van der Waals surface area contributed by atoms with Crippen molar-refractivity contribution in [2.24, 2.45) is 0 Å². The first-order valence-corrected chi connectivity index (χ1v) is 7.04. The van der Waals surface area contributed by atoms with Crippen LogP contribution < -0.4 is 0 Å². The number of pyridine rings is 1. The highest BCUT2D eigenvalue weighted by molar-refractivity contribution is 7.99. The molecule has 3 aromatic rings. The van der Waals surface area contributed by atoms with Crippen LogP contribution in [0.5, 0.6) is 0 Å². The number of halogens is 2. The van der Waals surface area contributed by atoms with E-state index in [-0.39, 0.29) is 11.3 Å². The summed E-state index contributed by atoms with van der Waals surface area (Å²) in [6.45, 7) is 0. The van der Waals surface area contributed by atoms with Gasteiger partial charge in [0, 0.05) is 6.20 Å². The second-order valence-corrected chi connectivity index (χ2v) is 5.19. The van der Waals surface area contributed by atoms with Gasteiger partial charge < -0.3 is 0 Å². The molecule has 0 atom stereocenters. The van der Waals surface area contributed by atoms with Gasteiger partial charge in [-0.1, -0.05) is 17.8 Å². The number of hydrogen-bond donors (Lipinski definition) is 0. The molecule has 4 nitrogen and oxygen atoms in total. The van der Waals surface area contributed by atoms with E-state index in [1.54, 1.807) is 16.7 Å². The predicted molar refractivity (Wildman–Crippen MR) is 74.4 cm³/mol. The van der Waals surface area contributed by atoms with Crippen molar-refractivity contribution in [3.05, 3.63) is 59.8 Å². The van der Waals surface area contributed by atoms with Crippen LogP contribution in [-0.4, -0.2) is 26.1 Å². The summed E-state index contributed by atoms with van der Waals surface area (Å²) in [6, 6.07) is 8.25. The van der Waals surface area contributed by atoms with E-state index in [9.17, 15) is 13.6 Å². The number of hydrogen-bond acceptors (Lipinski definition) is 4. The quantitative estimate of drug-likeness (QED) is 0.549. The largest absolute Gasteiger partial charge is 0.293 e. The fourth-order valence-electron chi connectivity index (χ4n) is 1.84. The van der Waals surface area contributed by atoms with Crippen LogP contribution in [0, 0.1) is 11.6 Å². The molecular weight excluding hydrogens is 296 g/mol. The molecule has 0 aliphatic rings. The van der Waals surface area contributed by atoms with Crippen LogP contribution in [-0.2, 0) is 0 Å². The molecule has 0 N–H and O–H groups in total. The lowest BCUT2D eigenvalue weighted by Crippen LogP contribution is -2.06. The zero-order valence-corrected chi connectivity index (χ0v) is 11.5. The van der Waals surface area contributed by atoms with Crippen LogP contribution in [0.2, 0.25) is 0 Å². The first-order valence-electron chi connectivity index (χ1n) is 6.06. The summed E-state index contributed by atoms with van der Waals surface area (Å²) < 4.78 is 28.3. The average molecular weight is 305 g/mol. The van der Waals surface area contributed by atoms with Crippen LogP contribution in [0.3, 0.4) is 0 Å². The minimum atomic E-state index is -0.729. The van der Waals surface area contributed by atoms with Crippen LogP contribution in [0.1, 0.15) is 10.4 Å². The Balaban J connectivity index is 1.78. The molecule has 0 aliphatic heterocycles. The molecule has 7 heteroatoms. The Bertz CT molecular complexity index is 819. The molecule has 0 spiro atoms. The van der Waals surface area contributed by atoms with E-state index in [1.807, 2.05) is 12.1 Å². The summed E-state index contributed by atoms with van der Waals surface area (Å²) >= 11 is 1.12. The fraction of sp³-hybridized carbons (Fsp3) is 0.0714. The van der Waals surface area contributed by atoms with Gasteiger partial charge in [-0.15, -0.1) is 10.2 Å². The predicted octanol–water partition coefficient (Wildman–Crippen LogP) is 2.98. The maximum atomic E-state index is 13.5. The third-order valence-electron chi connectivity index (χ3n) is 2.84. The van der Waals surface area contributed by atoms with Gasteiger partial charge in [0.15, 0.2) is 16.6 Å². The van der Waals surface area contributed by atoms with Crippen molar-refractivity contribution in [1.29, 1.82) is 0 Å². The Morgan fingerprint density at radius 1 is 1.19 bits per heavy atom. The number of fused-ring (bicyclic) bond motifs is 1. The highest BCUT2D eigenvalue weighted by Crippen LogP contribution is 2.19. The molecule has 0 unspecified atom stereocenters. The molecule has 106 valence electrons. The van der Waals surface area contributed by atoms with Crippen LogP contribution in [0.15, 0.2) is 47.8 Å². The molecule has 0 saturated heterocycles. The van der Waals surface area contributed by atoms with E-state index in [0.29, 0.717) is 10.8 Å². The fourth-order valence-corrected chi connectivity index (χ4v) is 2.64. The Morgan fingerprint density at radius 3 is 2.90 bits per heavy atom. The molecule has 0 bridgehead atoms. The molecule has 0 fully saturated rings. The highest BCUT2D eigenvalue weighted by atomic mass is 32.2. The second kappa shape index (κ2) is 5.61.